The number of anilines is 4. The van der Waals surface area contributed by atoms with E-state index in [2.05, 4.69) is 36.4 Å². The number of hydrogen-bond donors (Lipinski definition) is 3. The van der Waals surface area contributed by atoms with Crippen LogP contribution in [-0.2, 0) is 20.8 Å². The van der Waals surface area contributed by atoms with Crippen LogP contribution in [0.5, 0.6) is 0 Å². The van der Waals surface area contributed by atoms with Crippen molar-refractivity contribution in [3.05, 3.63) is 90.1 Å². The Morgan fingerprint density at radius 1 is 0.965 bits per heavy atom. The van der Waals surface area contributed by atoms with E-state index in [0.717, 1.165) is 24.5 Å². The molecule has 1 saturated heterocycles. The summed E-state index contributed by atoms with van der Waals surface area (Å²) >= 11 is 0. The Hall–Kier alpha value is -5.92. The van der Waals surface area contributed by atoms with Crippen LogP contribution in [0.1, 0.15) is 109 Å². The minimum atomic E-state index is -0.814. The van der Waals surface area contributed by atoms with E-state index in [1.54, 1.807) is 84.9 Å². The van der Waals surface area contributed by atoms with E-state index in [0.29, 0.717) is 46.3 Å². The largest absolute Gasteiger partial charge is 0.444 e. The Balaban J connectivity index is 1.49. The highest BCUT2D eigenvalue weighted by Gasteiger charge is 2.40. The number of hydrogen-bond acceptors (Lipinski definition) is 9. The van der Waals surface area contributed by atoms with Crippen LogP contribution in [0.2, 0.25) is 0 Å². The molecule has 0 radical (unpaired) electrons. The number of ether oxygens (including phenoxy) is 2. The summed E-state index contributed by atoms with van der Waals surface area (Å²) in [4.78, 5) is 61.0. The number of likely N-dealkylation sites (tertiary alicyclic amines) is 1. The Morgan fingerprint density at radius 2 is 1.63 bits per heavy atom. The third kappa shape index (κ3) is 10.9. The monoisotopic (exact) mass is 780 g/mol. The highest BCUT2D eigenvalue weighted by atomic mass is 16.6. The fourth-order valence-corrected chi connectivity index (χ4v) is 6.45. The van der Waals surface area contributed by atoms with Crippen molar-refractivity contribution >= 4 is 52.7 Å². The fraction of sp³-hybridized carbons (Fsp3) is 0.442. The molecule has 4 aromatic rings. The number of aromatic nitrogens is 3. The molecule has 2 aromatic carbocycles. The molecule has 1 fully saturated rings. The zero-order valence-electron chi connectivity index (χ0n) is 34.7. The van der Waals surface area contributed by atoms with Crippen molar-refractivity contribution in [1.29, 1.82) is 0 Å². The smallest absolute Gasteiger partial charge is 0.416 e. The van der Waals surface area contributed by atoms with Crippen LogP contribution >= 0.6 is 0 Å². The Bertz CT molecular complexity index is 2140. The molecule has 0 saturated carbocycles. The number of fused-ring (bicyclic) bond motifs is 1. The van der Waals surface area contributed by atoms with Gasteiger partial charge < -0.3 is 30.3 Å². The molecular formula is C43H56N8O6. The number of piperidine rings is 1. The average Bonchev–Trinajstić information content (AvgIpc) is 3.54. The molecule has 57 heavy (non-hydrogen) atoms. The van der Waals surface area contributed by atoms with Crippen LogP contribution in [0, 0.1) is 0 Å². The van der Waals surface area contributed by atoms with Gasteiger partial charge in [0.25, 0.3) is 5.91 Å². The van der Waals surface area contributed by atoms with Gasteiger partial charge in [-0.2, -0.15) is 9.61 Å². The van der Waals surface area contributed by atoms with Gasteiger partial charge in [0.05, 0.1) is 12.7 Å². The molecule has 14 heteroatoms. The SMILES string of the molecule is C=CC(=O)Nc1cccc(C(=O)Nc2cccc(CN(C(=O)OC(C)(C)C)c3cc(N[C@@H]4CCC(C)(C)N(C(=O)OC(C)(C)C)C4)nc4c(C(C)C)cnn34)c2)c1. The van der Waals surface area contributed by atoms with E-state index in [4.69, 9.17) is 19.6 Å². The lowest BCUT2D eigenvalue weighted by Gasteiger charge is -2.45. The first-order valence-electron chi connectivity index (χ1n) is 19.2. The maximum absolute atomic E-state index is 14.2. The number of amides is 4. The minimum Gasteiger partial charge on any atom is -0.444 e. The number of carbonyl (C=O) groups excluding carboxylic acids is 4. The van der Waals surface area contributed by atoms with Crippen LogP contribution in [-0.4, -0.2) is 72.8 Å². The Kier molecular flexibility index (Phi) is 12.3. The molecule has 3 heterocycles. The first-order valence-corrected chi connectivity index (χ1v) is 19.2. The fourth-order valence-electron chi connectivity index (χ4n) is 6.45. The zero-order chi connectivity index (χ0) is 41.9. The van der Waals surface area contributed by atoms with Crippen molar-refractivity contribution in [3.63, 3.8) is 0 Å². The quantitative estimate of drug-likeness (QED) is 0.134. The van der Waals surface area contributed by atoms with Crippen LogP contribution in [0.25, 0.3) is 5.65 Å². The predicted octanol–water partition coefficient (Wildman–Crippen LogP) is 8.76. The molecular weight excluding hydrogens is 725 g/mol. The van der Waals surface area contributed by atoms with Gasteiger partial charge in [0.15, 0.2) is 5.65 Å². The second kappa shape index (κ2) is 16.7. The molecule has 304 valence electrons. The van der Waals surface area contributed by atoms with E-state index >= 15 is 0 Å². The van der Waals surface area contributed by atoms with Crippen molar-refractivity contribution in [3.8, 4) is 0 Å². The highest BCUT2D eigenvalue weighted by molar-refractivity contribution is 6.06. The first-order chi connectivity index (χ1) is 26.6. The van der Waals surface area contributed by atoms with Crippen LogP contribution in [0.4, 0.5) is 32.6 Å². The number of nitrogens with one attached hydrogen (secondary N) is 3. The van der Waals surface area contributed by atoms with Crippen molar-refractivity contribution < 1.29 is 28.7 Å². The zero-order valence-corrected chi connectivity index (χ0v) is 34.7. The van der Waals surface area contributed by atoms with Gasteiger partial charge in [-0.3, -0.25) is 14.5 Å². The highest BCUT2D eigenvalue weighted by Crippen LogP contribution is 2.33. The molecule has 1 aliphatic heterocycles. The number of benzene rings is 2. The van der Waals surface area contributed by atoms with Crippen molar-refractivity contribution in [1.82, 2.24) is 19.5 Å². The molecule has 0 unspecified atom stereocenters. The molecule has 0 aliphatic carbocycles. The third-order valence-electron chi connectivity index (χ3n) is 9.30. The number of carbonyl (C=O) groups is 4. The molecule has 1 aliphatic rings. The summed E-state index contributed by atoms with van der Waals surface area (Å²) in [5.74, 6) is 0.228. The van der Waals surface area contributed by atoms with Gasteiger partial charge in [-0.05, 0) is 116 Å². The minimum absolute atomic E-state index is 0.0567. The van der Waals surface area contributed by atoms with Crippen molar-refractivity contribution in [2.24, 2.45) is 0 Å². The maximum Gasteiger partial charge on any atom is 0.416 e. The van der Waals surface area contributed by atoms with Gasteiger partial charge in [0.1, 0.15) is 22.8 Å². The number of rotatable bonds is 10. The standard InChI is InChI=1S/C43H56N8O6/c1-12-35(52)46-31-18-14-16-29(22-31)38(53)47-30-17-13-15-28(21-30)25-49(39(54)56-41(4,5)6)36-23-34(48-37-33(27(2)3)24-44-51(36)37)45-32-19-20-43(10,11)50(26-32)40(55)57-42(7,8)9/h12-18,21-24,27,32H,1,19-20,25-26H2,2-11H3,(H,45,48)(H,46,52)(H,47,53)/t32-/m1/s1. The molecule has 14 nitrogen and oxygen atoms in total. The van der Waals surface area contributed by atoms with E-state index in [9.17, 15) is 19.2 Å². The summed E-state index contributed by atoms with van der Waals surface area (Å²) in [6, 6.07) is 15.4. The predicted molar refractivity (Wildman–Crippen MR) is 223 cm³/mol. The van der Waals surface area contributed by atoms with E-state index in [1.807, 2.05) is 40.7 Å². The summed E-state index contributed by atoms with van der Waals surface area (Å²) in [6.07, 6.45) is 3.44. The molecule has 5 rings (SSSR count). The summed E-state index contributed by atoms with van der Waals surface area (Å²) < 4.78 is 13.4. The number of nitrogens with zero attached hydrogens (tertiary/aromatic N) is 5. The Morgan fingerprint density at radius 3 is 2.28 bits per heavy atom. The lowest BCUT2D eigenvalue weighted by atomic mass is 9.88. The molecule has 4 amide bonds. The average molecular weight is 781 g/mol. The molecule has 1 atom stereocenters. The van der Waals surface area contributed by atoms with Gasteiger partial charge in [-0.25, -0.2) is 14.6 Å². The summed E-state index contributed by atoms with van der Waals surface area (Å²) in [6.45, 7) is 23.1. The lowest BCUT2D eigenvalue weighted by Crippen LogP contribution is -2.57. The van der Waals surface area contributed by atoms with E-state index < -0.39 is 22.8 Å². The first kappa shape index (κ1) is 42.2. The lowest BCUT2D eigenvalue weighted by molar-refractivity contribution is -0.111. The van der Waals surface area contributed by atoms with Gasteiger partial charge in [0.2, 0.25) is 5.91 Å². The third-order valence-corrected chi connectivity index (χ3v) is 9.30. The molecule has 0 spiro atoms. The van der Waals surface area contributed by atoms with Crippen LogP contribution in [0.15, 0.2) is 73.4 Å². The van der Waals surface area contributed by atoms with E-state index in [1.165, 1.54) is 4.90 Å². The normalized spacial score (nSPS) is 15.5. The Labute approximate surface area is 335 Å². The van der Waals surface area contributed by atoms with Gasteiger partial charge in [0, 0.05) is 46.7 Å². The molecule has 2 aromatic heterocycles. The van der Waals surface area contributed by atoms with Gasteiger partial charge in [-0.1, -0.05) is 38.6 Å². The van der Waals surface area contributed by atoms with Crippen LogP contribution in [0.3, 0.4) is 0 Å². The topological polar surface area (TPSA) is 159 Å². The van der Waals surface area contributed by atoms with Crippen molar-refractivity contribution in [2.75, 3.05) is 27.4 Å². The van der Waals surface area contributed by atoms with Gasteiger partial charge in [-0.15, -0.1) is 0 Å². The van der Waals surface area contributed by atoms with Gasteiger partial charge >= 0.3 is 12.2 Å². The second-order valence-corrected chi connectivity index (χ2v) is 17.3. The molecule has 0 bridgehead atoms. The summed E-state index contributed by atoms with van der Waals surface area (Å²) in [5, 5.41) is 13.9. The summed E-state index contributed by atoms with van der Waals surface area (Å²) in [5.41, 5.74) is 1.60. The summed E-state index contributed by atoms with van der Waals surface area (Å²) in [7, 11) is 0. The van der Waals surface area contributed by atoms with Crippen LogP contribution < -0.4 is 20.9 Å². The maximum atomic E-state index is 14.2. The molecule has 3 N–H and O–H groups in total. The van der Waals surface area contributed by atoms with E-state index in [-0.39, 0.29) is 36.4 Å². The second-order valence-electron chi connectivity index (χ2n) is 17.3. The van der Waals surface area contributed by atoms with Crippen molar-refractivity contribution in [2.45, 2.75) is 117 Å².